The van der Waals surface area contributed by atoms with E-state index in [4.69, 9.17) is 4.74 Å². The van der Waals surface area contributed by atoms with Crippen molar-refractivity contribution in [3.8, 4) is 0 Å². The number of hydrogen-bond acceptors (Lipinski definition) is 2. The molecular formula is C18H29NO. The van der Waals surface area contributed by atoms with Crippen molar-refractivity contribution >= 4 is 0 Å². The van der Waals surface area contributed by atoms with Crippen molar-refractivity contribution in [1.29, 1.82) is 0 Å². The molecule has 20 heavy (non-hydrogen) atoms. The van der Waals surface area contributed by atoms with Crippen LogP contribution in [0.3, 0.4) is 0 Å². The lowest BCUT2D eigenvalue weighted by Gasteiger charge is -2.49. The average molecular weight is 275 g/mol. The number of hydrogen-bond donors (Lipinski definition) is 1. The van der Waals surface area contributed by atoms with E-state index in [1.54, 1.807) is 19.3 Å². The average Bonchev–Trinajstić information content (AvgIpc) is 2.86. The summed E-state index contributed by atoms with van der Waals surface area (Å²) in [7, 11) is 2.23. The topological polar surface area (TPSA) is 21.3 Å². The molecule has 5 rings (SSSR count). The molecule has 4 aliphatic carbocycles. The Morgan fingerprint density at radius 3 is 2.45 bits per heavy atom. The molecule has 0 aromatic carbocycles. The van der Waals surface area contributed by atoms with Crippen molar-refractivity contribution in [2.75, 3.05) is 13.7 Å². The van der Waals surface area contributed by atoms with Gasteiger partial charge in [0.05, 0.1) is 5.60 Å². The van der Waals surface area contributed by atoms with Gasteiger partial charge in [-0.25, -0.2) is 0 Å². The Morgan fingerprint density at radius 2 is 1.85 bits per heavy atom. The summed E-state index contributed by atoms with van der Waals surface area (Å²) in [6.07, 6.45) is 11.4. The summed E-state index contributed by atoms with van der Waals surface area (Å²) in [5, 5.41) is 3.76. The van der Waals surface area contributed by atoms with Crippen LogP contribution in [0.25, 0.3) is 0 Å². The quantitative estimate of drug-likeness (QED) is 0.854. The first kappa shape index (κ1) is 12.5. The van der Waals surface area contributed by atoms with Gasteiger partial charge in [-0.15, -0.1) is 0 Å². The first-order valence-electron chi connectivity index (χ1n) is 9.12. The molecule has 1 N–H and O–H groups in total. The molecule has 112 valence electrons. The van der Waals surface area contributed by atoms with E-state index in [9.17, 15) is 0 Å². The minimum Gasteiger partial charge on any atom is -0.375 e. The van der Waals surface area contributed by atoms with Crippen LogP contribution < -0.4 is 5.32 Å². The number of nitrogens with one attached hydrogen (secondary N) is 1. The van der Waals surface area contributed by atoms with Crippen LogP contribution >= 0.6 is 0 Å². The largest absolute Gasteiger partial charge is 0.375 e. The minimum absolute atomic E-state index is 0.320. The van der Waals surface area contributed by atoms with Crippen molar-refractivity contribution in [3.05, 3.63) is 0 Å². The lowest BCUT2D eigenvalue weighted by Crippen LogP contribution is -2.50. The van der Waals surface area contributed by atoms with E-state index in [0.29, 0.717) is 5.60 Å². The SMILES string of the molecule is CNC(C1CCOC2(CCC2)C1)C1C2C3CCC(C3)C21. The van der Waals surface area contributed by atoms with Crippen molar-refractivity contribution < 1.29 is 4.74 Å². The summed E-state index contributed by atoms with van der Waals surface area (Å²) in [4.78, 5) is 0. The molecule has 1 saturated heterocycles. The molecule has 5 fully saturated rings. The van der Waals surface area contributed by atoms with E-state index in [2.05, 4.69) is 12.4 Å². The molecule has 6 atom stereocenters. The van der Waals surface area contributed by atoms with Crippen LogP contribution in [-0.2, 0) is 4.74 Å². The van der Waals surface area contributed by atoms with Gasteiger partial charge in [-0.05, 0) is 93.9 Å². The Balaban J connectivity index is 1.32. The van der Waals surface area contributed by atoms with Crippen molar-refractivity contribution in [3.63, 3.8) is 0 Å². The highest BCUT2D eigenvalue weighted by molar-refractivity contribution is 5.17. The zero-order valence-electron chi connectivity index (χ0n) is 12.8. The second-order valence-electron chi connectivity index (χ2n) is 8.52. The Morgan fingerprint density at radius 1 is 1.10 bits per heavy atom. The van der Waals surface area contributed by atoms with E-state index in [1.165, 1.54) is 32.1 Å². The van der Waals surface area contributed by atoms with Gasteiger partial charge in [0.15, 0.2) is 0 Å². The molecular weight excluding hydrogens is 246 g/mol. The maximum atomic E-state index is 6.15. The Hall–Kier alpha value is -0.0800. The summed E-state index contributed by atoms with van der Waals surface area (Å²) in [6.45, 7) is 1.03. The van der Waals surface area contributed by atoms with Crippen LogP contribution in [0.15, 0.2) is 0 Å². The van der Waals surface area contributed by atoms with Gasteiger partial charge in [0.2, 0.25) is 0 Å². The fourth-order valence-electron chi connectivity index (χ4n) is 6.91. The predicted octanol–water partition coefficient (Wildman–Crippen LogP) is 3.22. The molecule has 0 radical (unpaired) electrons. The Labute approximate surface area is 123 Å². The third-order valence-corrected chi connectivity index (χ3v) is 7.85. The zero-order chi connectivity index (χ0) is 13.3. The molecule has 0 aromatic heterocycles. The monoisotopic (exact) mass is 275 g/mol. The van der Waals surface area contributed by atoms with Crippen LogP contribution in [-0.4, -0.2) is 25.3 Å². The molecule has 0 aromatic rings. The van der Waals surface area contributed by atoms with Crippen molar-refractivity contribution in [1.82, 2.24) is 5.32 Å². The Kier molecular flexibility index (Phi) is 2.63. The number of ether oxygens (including phenoxy) is 1. The normalized spacial score (nSPS) is 52.6. The third kappa shape index (κ3) is 1.58. The highest BCUT2D eigenvalue weighted by Crippen LogP contribution is 2.71. The first-order chi connectivity index (χ1) is 9.81. The predicted molar refractivity (Wildman–Crippen MR) is 79.4 cm³/mol. The molecule has 6 unspecified atom stereocenters. The van der Waals surface area contributed by atoms with Gasteiger partial charge in [-0.3, -0.25) is 0 Å². The van der Waals surface area contributed by atoms with Crippen LogP contribution in [0.1, 0.15) is 51.4 Å². The fourth-order valence-corrected chi connectivity index (χ4v) is 6.91. The maximum absolute atomic E-state index is 6.15. The van der Waals surface area contributed by atoms with Crippen LogP contribution in [0.2, 0.25) is 0 Å². The highest BCUT2D eigenvalue weighted by atomic mass is 16.5. The molecule has 5 aliphatic rings. The fraction of sp³-hybridized carbons (Fsp3) is 1.00. The summed E-state index contributed by atoms with van der Waals surface area (Å²) in [6, 6.07) is 0.801. The summed E-state index contributed by atoms with van der Waals surface area (Å²) in [5.74, 6) is 6.39. The standard InChI is InChI=1S/C18H29NO/c1-19-17(13-5-8-20-18(10-13)6-2-7-18)16-14-11-3-4-12(9-11)15(14)16/h11-17,19H,2-10H2,1H3. The molecule has 1 aliphatic heterocycles. The van der Waals surface area contributed by atoms with Gasteiger partial charge in [-0.1, -0.05) is 0 Å². The molecule has 2 bridgehead atoms. The number of rotatable bonds is 3. The van der Waals surface area contributed by atoms with Crippen LogP contribution in [0.5, 0.6) is 0 Å². The summed E-state index contributed by atoms with van der Waals surface area (Å²) >= 11 is 0. The van der Waals surface area contributed by atoms with Crippen molar-refractivity contribution in [2.24, 2.45) is 35.5 Å². The van der Waals surface area contributed by atoms with Gasteiger partial charge >= 0.3 is 0 Å². The van der Waals surface area contributed by atoms with E-state index < -0.39 is 0 Å². The van der Waals surface area contributed by atoms with Crippen molar-refractivity contribution in [2.45, 2.75) is 63.0 Å². The minimum atomic E-state index is 0.320. The highest BCUT2D eigenvalue weighted by Gasteiger charge is 2.67. The summed E-state index contributed by atoms with van der Waals surface area (Å²) in [5.41, 5.74) is 0.320. The van der Waals surface area contributed by atoms with E-state index >= 15 is 0 Å². The zero-order valence-corrected chi connectivity index (χ0v) is 12.8. The van der Waals surface area contributed by atoms with Gasteiger partial charge < -0.3 is 10.1 Å². The van der Waals surface area contributed by atoms with Gasteiger partial charge in [0, 0.05) is 12.6 Å². The molecule has 2 nitrogen and oxygen atoms in total. The lowest BCUT2D eigenvalue weighted by atomic mass is 9.69. The molecule has 1 spiro atoms. The number of fused-ring (bicyclic) bond motifs is 5. The van der Waals surface area contributed by atoms with E-state index in [1.807, 2.05) is 0 Å². The van der Waals surface area contributed by atoms with Crippen LogP contribution in [0.4, 0.5) is 0 Å². The van der Waals surface area contributed by atoms with Gasteiger partial charge in [-0.2, -0.15) is 0 Å². The first-order valence-corrected chi connectivity index (χ1v) is 9.12. The molecule has 4 saturated carbocycles. The smallest absolute Gasteiger partial charge is 0.0685 e. The van der Waals surface area contributed by atoms with E-state index in [0.717, 1.165) is 48.2 Å². The van der Waals surface area contributed by atoms with E-state index in [-0.39, 0.29) is 0 Å². The van der Waals surface area contributed by atoms with Gasteiger partial charge in [0.1, 0.15) is 0 Å². The molecule has 2 heteroatoms. The molecule has 0 amide bonds. The van der Waals surface area contributed by atoms with Crippen LogP contribution in [0, 0.1) is 35.5 Å². The van der Waals surface area contributed by atoms with Gasteiger partial charge in [0.25, 0.3) is 0 Å². The molecule has 1 heterocycles. The second-order valence-corrected chi connectivity index (χ2v) is 8.52. The lowest BCUT2D eigenvalue weighted by molar-refractivity contribution is -0.148. The third-order valence-electron chi connectivity index (χ3n) is 7.85. The maximum Gasteiger partial charge on any atom is 0.0685 e. The second kappa shape index (κ2) is 4.23. The summed E-state index contributed by atoms with van der Waals surface area (Å²) < 4.78 is 6.15. The Bertz CT molecular complexity index is 388.